The first-order valence-electron chi connectivity index (χ1n) is 6.20. The molecule has 0 fully saturated rings. The van der Waals surface area contributed by atoms with E-state index in [9.17, 15) is 9.90 Å². The van der Waals surface area contributed by atoms with Gasteiger partial charge in [-0.25, -0.2) is 4.98 Å². The van der Waals surface area contributed by atoms with Crippen LogP contribution >= 0.6 is 34.8 Å². The zero-order valence-electron chi connectivity index (χ0n) is 10.9. The van der Waals surface area contributed by atoms with Crippen molar-refractivity contribution in [1.82, 2.24) is 4.98 Å². The van der Waals surface area contributed by atoms with Gasteiger partial charge in [-0.1, -0.05) is 29.3 Å². The molecule has 1 aromatic heterocycles. The van der Waals surface area contributed by atoms with E-state index in [4.69, 9.17) is 40.5 Å². The highest BCUT2D eigenvalue weighted by Gasteiger charge is 2.32. The van der Waals surface area contributed by atoms with Crippen LogP contribution in [0.15, 0.2) is 34.9 Å². The van der Waals surface area contributed by atoms with Crippen molar-refractivity contribution >= 4 is 40.7 Å². The van der Waals surface area contributed by atoms with Gasteiger partial charge in [-0.05, 0) is 35.8 Å². The van der Waals surface area contributed by atoms with Crippen LogP contribution in [-0.2, 0) is 11.4 Å². The van der Waals surface area contributed by atoms with Crippen molar-refractivity contribution in [2.75, 3.05) is 0 Å². The molecule has 0 saturated heterocycles. The van der Waals surface area contributed by atoms with Crippen LogP contribution in [0.1, 0.15) is 23.6 Å². The van der Waals surface area contributed by atoms with E-state index >= 15 is 0 Å². The van der Waals surface area contributed by atoms with Crippen LogP contribution in [0, 0.1) is 0 Å². The summed E-state index contributed by atoms with van der Waals surface area (Å²) in [6.07, 6.45) is 4.06. The van der Waals surface area contributed by atoms with Gasteiger partial charge in [0, 0.05) is 5.03 Å². The molecule has 0 radical (unpaired) electrons. The zero-order valence-corrected chi connectivity index (χ0v) is 13.2. The second-order valence-electron chi connectivity index (χ2n) is 4.63. The number of primary amides is 1. The first kappa shape index (κ1) is 16.3. The smallest absolute Gasteiger partial charge is 0.230 e. The predicted octanol–water partition coefficient (Wildman–Crippen LogP) is 2.86. The van der Waals surface area contributed by atoms with Crippen molar-refractivity contribution in [3.63, 3.8) is 0 Å². The van der Waals surface area contributed by atoms with Gasteiger partial charge in [-0.3, -0.25) is 4.79 Å². The Labute approximate surface area is 137 Å². The number of halogens is 3. The molecule has 0 spiro atoms. The number of rotatable bonds is 4. The van der Waals surface area contributed by atoms with Gasteiger partial charge < -0.3 is 10.8 Å². The minimum Gasteiger partial charge on any atom is -0.392 e. The summed E-state index contributed by atoms with van der Waals surface area (Å²) < 4.78 is 0. The molecule has 2 rings (SSSR count). The summed E-state index contributed by atoms with van der Waals surface area (Å²) in [5.41, 5.74) is 6.87. The number of nitrogens with two attached hydrogens (primary N) is 1. The highest BCUT2D eigenvalue weighted by molar-refractivity contribution is 6.33. The lowest BCUT2D eigenvalue weighted by Crippen LogP contribution is -2.28. The molecule has 1 aromatic rings. The van der Waals surface area contributed by atoms with Gasteiger partial charge in [0.25, 0.3) is 0 Å². The quantitative estimate of drug-likeness (QED) is 0.649. The van der Waals surface area contributed by atoms with Crippen LogP contribution in [0.5, 0.6) is 0 Å². The maximum Gasteiger partial charge on any atom is 0.230 e. The molecule has 4 nitrogen and oxygen atoms in total. The lowest BCUT2D eigenvalue weighted by Gasteiger charge is -2.24. The maximum atomic E-state index is 11.9. The molecule has 2 unspecified atom stereocenters. The summed E-state index contributed by atoms with van der Waals surface area (Å²) in [6, 6.07) is 3.08. The van der Waals surface area contributed by atoms with Crippen LogP contribution in [0.2, 0.25) is 5.15 Å². The number of nitrogens with zero attached hydrogens (tertiary/aromatic N) is 1. The molecule has 1 aliphatic rings. The second kappa shape index (κ2) is 6.79. The number of hydrogen-bond acceptors (Lipinski definition) is 3. The Bertz CT molecular complexity index is 629. The van der Waals surface area contributed by atoms with Crippen molar-refractivity contribution in [3.8, 4) is 0 Å². The fraction of sp³-hybridized carbons (Fsp3) is 0.286. The summed E-state index contributed by atoms with van der Waals surface area (Å²) >= 11 is 18.4. The first-order valence-corrected chi connectivity index (χ1v) is 7.40. The molecule has 112 valence electrons. The number of carbonyl (C=O) groups excluding carboxylic acids is 1. The van der Waals surface area contributed by atoms with Gasteiger partial charge in [0.15, 0.2) is 0 Å². The second-order valence-corrected chi connectivity index (χ2v) is 5.95. The third kappa shape index (κ3) is 3.58. The minimum absolute atomic E-state index is 0.164. The third-order valence-electron chi connectivity index (χ3n) is 3.17. The van der Waals surface area contributed by atoms with Gasteiger partial charge in [-0.15, -0.1) is 11.6 Å². The molecule has 0 saturated carbocycles. The van der Waals surface area contributed by atoms with Crippen LogP contribution < -0.4 is 5.73 Å². The lowest BCUT2D eigenvalue weighted by molar-refractivity contribution is -0.118. The van der Waals surface area contributed by atoms with Crippen LogP contribution in [-0.4, -0.2) is 21.4 Å². The topological polar surface area (TPSA) is 76.2 Å². The molecular formula is C14H13Cl3N2O2. The molecule has 2 atom stereocenters. The van der Waals surface area contributed by atoms with E-state index < -0.39 is 17.2 Å². The Balaban J connectivity index is 2.57. The largest absolute Gasteiger partial charge is 0.392 e. The minimum atomic E-state index is -0.881. The number of alkyl halides is 1. The number of allylic oxidation sites excluding steroid dienone is 3. The molecule has 0 bridgehead atoms. The summed E-state index contributed by atoms with van der Waals surface area (Å²) in [6.45, 7) is -0.224. The van der Waals surface area contributed by atoms with Crippen molar-refractivity contribution in [2.45, 2.75) is 24.3 Å². The zero-order chi connectivity index (χ0) is 15.6. The molecule has 0 aromatic carbocycles. The SMILES string of the molecule is NC(=O)C(C1=C(Cl)C=CCC1Cl)c1cc(CO)cc(Cl)n1. The fourth-order valence-corrected chi connectivity index (χ4v) is 3.22. The molecule has 0 aliphatic heterocycles. The van der Waals surface area contributed by atoms with Gasteiger partial charge in [0.2, 0.25) is 5.91 Å². The Morgan fingerprint density at radius 1 is 1.48 bits per heavy atom. The van der Waals surface area contributed by atoms with E-state index in [1.807, 2.05) is 6.08 Å². The predicted molar refractivity (Wildman–Crippen MR) is 83.4 cm³/mol. The van der Waals surface area contributed by atoms with Gasteiger partial charge in [-0.2, -0.15) is 0 Å². The molecule has 1 aliphatic carbocycles. The lowest BCUT2D eigenvalue weighted by atomic mass is 9.87. The van der Waals surface area contributed by atoms with E-state index in [1.54, 1.807) is 12.1 Å². The van der Waals surface area contributed by atoms with Crippen molar-refractivity contribution in [2.24, 2.45) is 5.73 Å². The molecule has 7 heteroatoms. The number of aliphatic hydroxyl groups excluding tert-OH is 1. The van der Waals surface area contributed by atoms with Crippen molar-refractivity contribution in [1.29, 1.82) is 0 Å². The summed E-state index contributed by atoms with van der Waals surface area (Å²) in [4.78, 5) is 16.0. The molecular weight excluding hydrogens is 335 g/mol. The Morgan fingerprint density at radius 3 is 2.76 bits per heavy atom. The monoisotopic (exact) mass is 346 g/mol. The highest BCUT2D eigenvalue weighted by atomic mass is 35.5. The van der Waals surface area contributed by atoms with Gasteiger partial charge >= 0.3 is 0 Å². The van der Waals surface area contributed by atoms with E-state index in [0.29, 0.717) is 28.3 Å². The summed E-state index contributed by atoms with van der Waals surface area (Å²) in [7, 11) is 0. The Kier molecular flexibility index (Phi) is 5.27. The Hall–Kier alpha value is -1.07. The number of hydrogen-bond donors (Lipinski definition) is 2. The average molecular weight is 348 g/mol. The normalized spacial score (nSPS) is 19.7. The van der Waals surface area contributed by atoms with E-state index in [0.717, 1.165) is 0 Å². The first-order chi connectivity index (χ1) is 9.93. The average Bonchev–Trinajstić information content (AvgIpc) is 2.41. The molecule has 1 amide bonds. The van der Waals surface area contributed by atoms with E-state index in [1.165, 1.54) is 6.07 Å². The summed E-state index contributed by atoms with van der Waals surface area (Å²) in [5.74, 6) is -1.50. The Morgan fingerprint density at radius 2 is 2.19 bits per heavy atom. The van der Waals surface area contributed by atoms with Crippen LogP contribution in [0.4, 0.5) is 0 Å². The van der Waals surface area contributed by atoms with Gasteiger partial charge in [0.05, 0.1) is 17.7 Å². The highest BCUT2D eigenvalue weighted by Crippen LogP contribution is 2.37. The van der Waals surface area contributed by atoms with Crippen LogP contribution in [0.3, 0.4) is 0 Å². The summed E-state index contributed by atoms with van der Waals surface area (Å²) in [5, 5.41) is 9.33. The standard InChI is InChI=1S/C14H13Cl3N2O2/c15-8-2-1-3-9(16)12(8)13(14(18)21)10-4-7(6-20)5-11(17)19-10/h1-2,4-5,9,13,20H,3,6H2,(H2,18,21). The van der Waals surface area contributed by atoms with Gasteiger partial charge in [0.1, 0.15) is 11.1 Å². The van der Waals surface area contributed by atoms with Crippen molar-refractivity contribution in [3.05, 3.63) is 51.3 Å². The molecule has 21 heavy (non-hydrogen) atoms. The number of aromatic nitrogens is 1. The van der Waals surface area contributed by atoms with Crippen molar-refractivity contribution < 1.29 is 9.90 Å². The number of pyridine rings is 1. The fourth-order valence-electron chi connectivity index (χ4n) is 2.25. The van der Waals surface area contributed by atoms with Crippen LogP contribution in [0.25, 0.3) is 0 Å². The molecule has 1 heterocycles. The number of amides is 1. The molecule has 3 N–H and O–H groups in total. The van der Waals surface area contributed by atoms with E-state index in [-0.39, 0.29) is 11.8 Å². The maximum absolute atomic E-state index is 11.9. The number of aliphatic hydroxyl groups is 1. The third-order valence-corrected chi connectivity index (χ3v) is 4.12. The number of carbonyl (C=O) groups is 1. The van der Waals surface area contributed by atoms with E-state index in [2.05, 4.69) is 4.98 Å².